The third-order valence-electron chi connectivity index (χ3n) is 28.0. The van der Waals surface area contributed by atoms with E-state index in [-0.39, 0.29) is 89.6 Å². The summed E-state index contributed by atoms with van der Waals surface area (Å²) in [6.07, 6.45) is 51.4. The zero-order valence-electron chi connectivity index (χ0n) is 84.6. The number of piperidine rings is 7. The van der Waals surface area contributed by atoms with E-state index in [4.69, 9.17) is 5.11 Å². The van der Waals surface area contributed by atoms with Gasteiger partial charge in [0, 0.05) is 189 Å². The van der Waals surface area contributed by atoms with Crippen LogP contribution in [-0.4, -0.2) is 257 Å². The summed E-state index contributed by atoms with van der Waals surface area (Å²) in [7, 11) is 1.00. The molecule has 22 heteroatoms. The van der Waals surface area contributed by atoms with Crippen LogP contribution in [0.3, 0.4) is 0 Å². The van der Waals surface area contributed by atoms with Crippen LogP contribution < -0.4 is 9.30 Å². The number of hydrogen-bond donors (Lipinski definition) is 6. The normalized spacial score (nSPS) is 18.9. The van der Waals surface area contributed by atoms with Gasteiger partial charge in [0.2, 0.25) is 11.9 Å². The van der Waals surface area contributed by atoms with Crippen molar-refractivity contribution in [2.75, 3.05) is 145 Å². The first-order valence-electron chi connectivity index (χ1n) is 52.6. The summed E-state index contributed by atoms with van der Waals surface area (Å²) in [5, 5.41) is 57.6. The average molecular weight is 2000 g/mol. The molecule has 0 radical (unpaired) electrons. The standard InChI is InChI=1S/C14H22N2O.C14H23N2O.C14H22N2O.C14H23N2O.C14H22N2O.2C14H22N2.C14H17N2.CH4O.9CH4/c1-2-13(17)11-16-9-6-12(7-10-16)14-5-3-4-8-15-14;1-2-3-10-16(17)11-7-13(8-12-16)14-6-4-5-9-15-14;1-2-3-10-16-11-7-14(17,8-12-16)13-6-4-5-9-15-13;1-2-3-9-15-11-7-13(8-12-15)14-6-4-5-10-16(14)17;1-2-3-9-16-10-7-12(14(17)11-16)13-6-4-5-8-15-13;3*1-2-3-10-16-11-7-13(8-12-16)14-6-4-5-9-15-14;1-2;;;;;;;;;/h3-5,8,12-13,17H,2,6-7,9-11H2,1H3;4-6,9,13,17H,2-3,7-8,10-12H2,1H3;4-6,9,17H,2-3,7-8,10-12H2,1H3;4-6,10,13,17H,2-3,7-9,11-12H2,1H3;4-6,8,12,14,17H,2-3,7,9-11H2,1H3;2*4-6,9,13H,2-3,7-8,10-12H2,1H3;4-9,11-12H,2-3,10H2,1H3;2H,1H3;9*1H4/q;+1;;+1;;;;+1;;;;;;;;;;. The minimum Gasteiger partial charge on any atom is -0.400 e. The summed E-state index contributed by atoms with van der Waals surface area (Å²) >= 11 is 0. The molecule has 7 aliphatic heterocycles. The number of aryl methyl sites for hydroxylation is 1. The molecule has 0 bridgehead atoms. The van der Waals surface area contributed by atoms with Crippen LogP contribution >= 0.6 is 0 Å². The summed E-state index contributed by atoms with van der Waals surface area (Å²) < 4.78 is 3.78. The Balaban J connectivity index is 0. The molecule has 7 saturated heterocycles. The second-order valence-corrected chi connectivity index (χ2v) is 38.1. The molecule has 7 fully saturated rings. The van der Waals surface area contributed by atoms with Gasteiger partial charge in [-0.3, -0.25) is 40.1 Å². The SMILES string of the molecule is C.C.C.C.C.C.C.C.C.CCC(O)CN1CCC(c2ccccn2)CC1.CCCCN1CCC(O)(c2ccccn2)CC1.CCCCN1CCC(c2cccc[n+]2O)CC1.CCCCN1CCC(c2ccccn2)C(O)C1.CCCCN1CCC(c2ccccn2)CC1.CCCCN1CCC(c2ccccn2)CC1.CCCC[N+]1(O)CCC(c2ccccn2)CC1.CCCC[n+]1ccc(-c2ccccn2)cc1.CO. The van der Waals surface area contributed by atoms with Gasteiger partial charge in [0.25, 0.3) is 0 Å². The molecule has 9 aromatic rings. The molecule has 144 heavy (non-hydrogen) atoms. The molecule has 0 spiro atoms. The third kappa shape index (κ3) is 51.1. The average Bonchev–Trinajstić information content (AvgIpc) is 0.806. The monoisotopic (exact) mass is 2000 g/mol. The van der Waals surface area contributed by atoms with Gasteiger partial charge >= 0.3 is 0 Å². The van der Waals surface area contributed by atoms with Gasteiger partial charge in [0.15, 0.2) is 12.4 Å². The zero-order chi connectivity index (χ0) is 96.2. The number of hydrogen-bond acceptors (Lipinski definition) is 19. The maximum absolute atomic E-state index is 10.6. The highest BCUT2D eigenvalue weighted by molar-refractivity contribution is 5.57. The smallest absolute Gasteiger partial charge is 0.237 e. The van der Waals surface area contributed by atoms with E-state index in [1.54, 1.807) is 12.4 Å². The van der Waals surface area contributed by atoms with Crippen molar-refractivity contribution in [2.24, 2.45) is 0 Å². The number of pyridine rings is 9. The first-order valence-corrected chi connectivity index (χ1v) is 52.6. The van der Waals surface area contributed by atoms with Crippen LogP contribution in [-0.2, 0) is 12.1 Å². The molecule has 16 rings (SSSR count). The number of aromatic nitrogens is 9. The fourth-order valence-electron chi connectivity index (χ4n) is 19.2. The van der Waals surface area contributed by atoms with Gasteiger partial charge in [-0.1, -0.05) is 210 Å². The second-order valence-electron chi connectivity index (χ2n) is 38.1. The van der Waals surface area contributed by atoms with Crippen molar-refractivity contribution in [1.82, 2.24) is 64.3 Å². The predicted octanol–water partition coefficient (Wildman–Crippen LogP) is 25.7. The molecule has 3 unspecified atom stereocenters. The lowest BCUT2D eigenvalue weighted by atomic mass is 9.87. The van der Waals surface area contributed by atoms with Crippen molar-refractivity contribution in [3.05, 3.63) is 260 Å². The van der Waals surface area contributed by atoms with Crippen LogP contribution in [0.1, 0.15) is 377 Å². The van der Waals surface area contributed by atoms with E-state index in [1.165, 1.54) is 195 Å². The fourth-order valence-corrected chi connectivity index (χ4v) is 19.2. The number of quaternary nitrogens is 1. The molecule has 0 saturated carbocycles. The van der Waals surface area contributed by atoms with E-state index in [0.717, 1.165) is 192 Å². The minimum atomic E-state index is -0.704. The Labute approximate surface area is 881 Å². The molecule has 814 valence electrons. The lowest BCUT2D eigenvalue weighted by molar-refractivity contribution is -1.10. The highest BCUT2D eigenvalue weighted by Crippen LogP contribution is 2.35. The number of rotatable bonds is 32. The maximum atomic E-state index is 10.6. The van der Waals surface area contributed by atoms with Crippen molar-refractivity contribution in [2.45, 2.75) is 362 Å². The Morgan fingerprint density at radius 2 is 0.701 bits per heavy atom. The molecule has 22 nitrogen and oxygen atoms in total. The van der Waals surface area contributed by atoms with Gasteiger partial charge in [-0.05, 0) is 298 Å². The van der Waals surface area contributed by atoms with Gasteiger partial charge in [0.05, 0.1) is 29.5 Å². The van der Waals surface area contributed by atoms with Crippen molar-refractivity contribution in [3.8, 4) is 11.3 Å². The van der Waals surface area contributed by atoms with E-state index >= 15 is 0 Å². The van der Waals surface area contributed by atoms with Crippen molar-refractivity contribution in [1.29, 1.82) is 0 Å². The Kier molecular flexibility index (Phi) is 78.1. The molecular formula is C122H213N16O6+3. The minimum absolute atomic E-state index is 0. The summed E-state index contributed by atoms with van der Waals surface area (Å²) in [5.41, 5.74) is 9.42. The van der Waals surface area contributed by atoms with Crippen molar-refractivity contribution >= 4 is 0 Å². The van der Waals surface area contributed by atoms with Crippen LogP contribution in [0.5, 0.6) is 0 Å². The summed E-state index contributed by atoms with van der Waals surface area (Å²) in [6.45, 7) is 41.6. The number of hydroxylamine groups is 3. The lowest BCUT2D eigenvalue weighted by Gasteiger charge is -2.37. The van der Waals surface area contributed by atoms with E-state index in [9.17, 15) is 25.7 Å². The predicted molar refractivity (Wildman–Crippen MR) is 610 cm³/mol. The number of nitrogens with zero attached hydrogens (tertiary/aromatic N) is 16. The second kappa shape index (κ2) is 81.6. The van der Waals surface area contributed by atoms with E-state index < -0.39 is 5.60 Å². The highest BCUT2D eigenvalue weighted by Gasteiger charge is 2.37. The van der Waals surface area contributed by atoms with Gasteiger partial charge in [-0.25, -0.2) is 9.77 Å². The molecule has 16 heterocycles. The van der Waals surface area contributed by atoms with E-state index in [1.807, 2.05) is 141 Å². The molecule has 6 N–H and O–H groups in total. The first kappa shape index (κ1) is 138. The Hall–Kier alpha value is -8.33. The lowest BCUT2D eigenvalue weighted by Crippen LogP contribution is -2.50. The summed E-state index contributed by atoms with van der Waals surface area (Å²) in [4.78, 5) is 45.7. The molecule has 0 aliphatic carbocycles. The molecular weight excluding hydrogens is 1790 g/mol. The van der Waals surface area contributed by atoms with E-state index in [0.29, 0.717) is 29.6 Å². The van der Waals surface area contributed by atoms with Crippen molar-refractivity contribution in [3.63, 3.8) is 0 Å². The van der Waals surface area contributed by atoms with Gasteiger partial charge in [-0.2, -0.15) is 4.65 Å². The molecule has 0 aromatic carbocycles. The Bertz CT molecular complexity index is 4270. The number of β-amino-alcohol motifs (C(OH)–C–C–N with tert-alkyl or cyclic N) is 2. The fraction of sp³-hybridized carbons (Fsp3) is 0.631. The van der Waals surface area contributed by atoms with Crippen LogP contribution in [0.4, 0.5) is 0 Å². The summed E-state index contributed by atoms with van der Waals surface area (Å²) in [6, 6.07) is 52.7. The topological polar surface area (TPSA) is 239 Å². The zero-order valence-corrected chi connectivity index (χ0v) is 84.6. The first-order chi connectivity index (χ1) is 66.1. The van der Waals surface area contributed by atoms with Gasteiger partial charge in [-0.15, -0.1) is 0 Å². The molecule has 0 amide bonds. The number of likely N-dealkylation sites (tertiary alicyclic amines) is 7. The Morgan fingerprint density at radius 1 is 0.361 bits per heavy atom. The molecule has 3 atom stereocenters. The Morgan fingerprint density at radius 3 is 1.06 bits per heavy atom. The maximum Gasteiger partial charge on any atom is 0.237 e. The third-order valence-corrected chi connectivity index (χ3v) is 28.0. The largest absolute Gasteiger partial charge is 0.400 e. The number of aliphatic hydroxyl groups excluding tert-OH is 3. The van der Waals surface area contributed by atoms with Crippen molar-refractivity contribution < 1.29 is 44.8 Å². The number of unbranched alkanes of at least 4 members (excludes halogenated alkanes) is 7. The van der Waals surface area contributed by atoms with Crippen LogP contribution in [0.25, 0.3) is 11.3 Å². The van der Waals surface area contributed by atoms with Crippen LogP contribution in [0, 0.1) is 0 Å². The van der Waals surface area contributed by atoms with Crippen LogP contribution in [0.2, 0.25) is 0 Å². The van der Waals surface area contributed by atoms with Crippen LogP contribution in [0.15, 0.2) is 220 Å². The van der Waals surface area contributed by atoms with E-state index in [2.05, 4.69) is 190 Å². The molecule has 7 aliphatic rings. The van der Waals surface area contributed by atoms with Gasteiger partial charge < -0.3 is 49.8 Å². The van der Waals surface area contributed by atoms with Gasteiger partial charge in [0.1, 0.15) is 31.8 Å². The highest BCUT2D eigenvalue weighted by atomic mass is 16.5. The summed E-state index contributed by atoms with van der Waals surface area (Å²) in [5.74, 6) is 3.26. The molecule has 9 aromatic heterocycles. The quantitative estimate of drug-likeness (QED) is 0.0130. The number of aliphatic hydroxyl groups is 4.